The topological polar surface area (TPSA) is 68.0 Å². The van der Waals surface area contributed by atoms with Crippen molar-refractivity contribution in [2.75, 3.05) is 0 Å². The number of aromatic carboxylic acids is 1. The summed E-state index contributed by atoms with van der Waals surface area (Å²) in [4.78, 5) is 11.1. The maximum atomic E-state index is 11.1. The quantitative estimate of drug-likeness (QED) is 0.803. The molecule has 3 aromatic rings. The maximum absolute atomic E-state index is 11.1. The van der Waals surface area contributed by atoms with E-state index in [0.717, 1.165) is 16.7 Å². The van der Waals surface area contributed by atoms with Crippen molar-refractivity contribution in [3.63, 3.8) is 0 Å². The van der Waals surface area contributed by atoms with Crippen LogP contribution in [0.4, 0.5) is 0 Å². The fourth-order valence-electron chi connectivity index (χ4n) is 2.43. The first-order valence-corrected chi connectivity index (χ1v) is 6.93. The van der Waals surface area contributed by atoms with Gasteiger partial charge in [-0.05, 0) is 23.6 Å². The monoisotopic (exact) mass is 293 g/mol. The van der Waals surface area contributed by atoms with Crippen LogP contribution in [0.2, 0.25) is 0 Å². The Hall–Kier alpha value is -2.95. The zero-order chi connectivity index (χ0) is 15.5. The third-order valence-corrected chi connectivity index (χ3v) is 3.61. The summed E-state index contributed by atoms with van der Waals surface area (Å²) < 4.78 is 1.62. The summed E-state index contributed by atoms with van der Waals surface area (Å²) in [5, 5.41) is 16.7. The molecule has 2 aromatic carbocycles. The maximum Gasteiger partial charge on any atom is 0.358 e. The first-order chi connectivity index (χ1) is 10.7. The van der Waals surface area contributed by atoms with Gasteiger partial charge >= 0.3 is 5.97 Å². The molecule has 0 aliphatic carbocycles. The standard InChI is InChI=1S/C17H15N3O2/c1-12-16(17(21)22)18-19-20(12)11-14-9-5-6-10-15(14)13-7-3-2-4-8-13/h2-10H,11H2,1H3,(H,21,22). The Kier molecular flexibility index (Phi) is 3.70. The molecule has 1 heterocycles. The fraction of sp³-hybridized carbons (Fsp3) is 0.118. The second kappa shape index (κ2) is 5.81. The lowest BCUT2D eigenvalue weighted by Gasteiger charge is -2.10. The average Bonchev–Trinajstić information content (AvgIpc) is 2.90. The van der Waals surface area contributed by atoms with Gasteiger partial charge in [-0.3, -0.25) is 0 Å². The number of aromatic nitrogens is 3. The number of rotatable bonds is 4. The van der Waals surface area contributed by atoms with Gasteiger partial charge in [0.15, 0.2) is 5.69 Å². The van der Waals surface area contributed by atoms with Crippen molar-refractivity contribution >= 4 is 5.97 Å². The lowest BCUT2D eigenvalue weighted by atomic mass is 10.00. The first-order valence-electron chi connectivity index (χ1n) is 6.93. The van der Waals surface area contributed by atoms with Crippen molar-refractivity contribution in [3.8, 4) is 11.1 Å². The third-order valence-electron chi connectivity index (χ3n) is 3.61. The molecule has 0 radical (unpaired) electrons. The van der Waals surface area contributed by atoms with Crippen molar-refractivity contribution in [2.45, 2.75) is 13.5 Å². The molecular formula is C17H15N3O2. The van der Waals surface area contributed by atoms with Gasteiger partial charge in [-0.1, -0.05) is 59.8 Å². The molecule has 0 bridgehead atoms. The van der Waals surface area contributed by atoms with Crippen LogP contribution in [0.5, 0.6) is 0 Å². The van der Waals surface area contributed by atoms with Gasteiger partial charge in [0.25, 0.3) is 0 Å². The van der Waals surface area contributed by atoms with E-state index in [4.69, 9.17) is 5.11 Å². The molecule has 3 rings (SSSR count). The Morgan fingerprint density at radius 1 is 1.09 bits per heavy atom. The van der Waals surface area contributed by atoms with Crippen molar-refractivity contribution < 1.29 is 9.90 Å². The van der Waals surface area contributed by atoms with Gasteiger partial charge in [0, 0.05) is 0 Å². The smallest absolute Gasteiger partial charge is 0.358 e. The van der Waals surface area contributed by atoms with E-state index in [1.54, 1.807) is 11.6 Å². The first kappa shape index (κ1) is 14.0. The Labute approximate surface area is 127 Å². The molecule has 0 atom stereocenters. The second-order valence-electron chi connectivity index (χ2n) is 5.01. The van der Waals surface area contributed by atoms with Gasteiger partial charge in [-0.2, -0.15) is 0 Å². The van der Waals surface area contributed by atoms with Crippen molar-refractivity contribution in [1.29, 1.82) is 0 Å². The number of carboxylic acids is 1. The molecule has 0 saturated carbocycles. The van der Waals surface area contributed by atoms with Gasteiger partial charge in [0.1, 0.15) is 0 Å². The van der Waals surface area contributed by atoms with Crippen LogP contribution >= 0.6 is 0 Å². The van der Waals surface area contributed by atoms with E-state index in [2.05, 4.69) is 28.5 Å². The van der Waals surface area contributed by atoms with Crippen LogP contribution in [0.15, 0.2) is 54.6 Å². The summed E-state index contributed by atoms with van der Waals surface area (Å²) in [7, 11) is 0. The summed E-state index contributed by atoms with van der Waals surface area (Å²) in [6, 6.07) is 18.1. The highest BCUT2D eigenvalue weighted by Crippen LogP contribution is 2.24. The molecule has 1 N–H and O–H groups in total. The van der Waals surface area contributed by atoms with Gasteiger partial charge in [0.2, 0.25) is 0 Å². The fourth-order valence-corrected chi connectivity index (χ4v) is 2.43. The molecule has 110 valence electrons. The minimum atomic E-state index is -1.06. The van der Waals surface area contributed by atoms with Gasteiger partial charge in [0.05, 0.1) is 12.2 Å². The van der Waals surface area contributed by atoms with Crippen molar-refractivity contribution in [1.82, 2.24) is 15.0 Å². The molecular weight excluding hydrogens is 278 g/mol. The van der Waals surface area contributed by atoms with Crippen LogP contribution in [0.3, 0.4) is 0 Å². The van der Waals surface area contributed by atoms with Crippen LogP contribution in [0.1, 0.15) is 21.7 Å². The van der Waals surface area contributed by atoms with Crippen LogP contribution in [0.25, 0.3) is 11.1 Å². The molecule has 22 heavy (non-hydrogen) atoms. The summed E-state index contributed by atoms with van der Waals surface area (Å²) in [5.74, 6) is -1.06. The highest BCUT2D eigenvalue weighted by molar-refractivity contribution is 5.86. The van der Waals surface area contributed by atoms with E-state index in [1.807, 2.05) is 36.4 Å². The molecule has 5 nitrogen and oxygen atoms in total. The predicted octanol–water partition coefficient (Wildman–Crippen LogP) is 3.00. The largest absolute Gasteiger partial charge is 0.476 e. The number of carbonyl (C=O) groups is 1. The zero-order valence-electron chi connectivity index (χ0n) is 12.1. The lowest BCUT2D eigenvalue weighted by molar-refractivity contribution is 0.0689. The SMILES string of the molecule is Cc1c(C(=O)O)nnn1Cc1ccccc1-c1ccccc1. The highest BCUT2D eigenvalue weighted by atomic mass is 16.4. The predicted molar refractivity (Wildman–Crippen MR) is 82.7 cm³/mol. The van der Waals surface area contributed by atoms with E-state index in [-0.39, 0.29) is 5.69 Å². The van der Waals surface area contributed by atoms with Gasteiger partial charge in [-0.15, -0.1) is 5.10 Å². The molecule has 0 amide bonds. The summed E-state index contributed by atoms with van der Waals surface area (Å²) in [6.45, 7) is 2.20. The average molecular weight is 293 g/mol. The molecule has 0 fully saturated rings. The molecule has 0 aliphatic heterocycles. The Morgan fingerprint density at radius 2 is 1.77 bits per heavy atom. The van der Waals surface area contributed by atoms with E-state index in [1.165, 1.54) is 0 Å². The van der Waals surface area contributed by atoms with Gasteiger partial charge < -0.3 is 5.11 Å². The Morgan fingerprint density at radius 3 is 2.45 bits per heavy atom. The molecule has 0 saturated heterocycles. The van der Waals surface area contributed by atoms with Crippen LogP contribution < -0.4 is 0 Å². The summed E-state index contributed by atoms with van der Waals surface area (Å²) in [6.07, 6.45) is 0. The normalized spacial score (nSPS) is 10.6. The molecule has 1 aromatic heterocycles. The van der Waals surface area contributed by atoms with E-state index in [0.29, 0.717) is 12.2 Å². The van der Waals surface area contributed by atoms with Gasteiger partial charge in [-0.25, -0.2) is 9.48 Å². The second-order valence-corrected chi connectivity index (χ2v) is 5.01. The highest BCUT2D eigenvalue weighted by Gasteiger charge is 2.16. The van der Waals surface area contributed by atoms with E-state index < -0.39 is 5.97 Å². The minimum absolute atomic E-state index is 0.00260. The number of nitrogens with zero attached hydrogens (tertiary/aromatic N) is 3. The number of benzene rings is 2. The van der Waals surface area contributed by atoms with Crippen LogP contribution in [0, 0.1) is 6.92 Å². The summed E-state index contributed by atoms with van der Waals surface area (Å²) >= 11 is 0. The molecule has 0 spiro atoms. The summed E-state index contributed by atoms with van der Waals surface area (Å²) in [5.41, 5.74) is 3.84. The Balaban J connectivity index is 1.99. The lowest BCUT2D eigenvalue weighted by Crippen LogP contribution is -2.06. The zero-order valence-corrected chi connectivity index (χ0v) is 12.1. The molecule has 0 aliphatic rings. The number of hydrogen-bond donors (Lipinski definition) is 1. The third kappa shape index (κ3) is 2.61. The molecule has 5 heteroatoms. The minimum Gasteiger partial charge on any atom is -0.476 e. The van der Waals surface area contributed by atoms with E-state index >= 15 is 0 Å². The van der Waals surface area contributed by atoms with Crippen molar-refractivity contribution in [3.05, 3.63) is 71.5 Å². The number of carboxylic acid groups (broad SMARTS) is 1. The van der Waals surface area contributed by atoms with Crippen molar-refractivity contribution in [2.24, 2.45) is 0 Å². The Bertz CT molecular complexity index is 810. The van der Waals surface area contributed by atoms with Crippen LogP contribution in [-0.4, -0.2) is 26.1 Å². The number of hydrogen-bond acceptors (Lipinski definition) is 3. The van der Waals surface area contributed by atoms with Crippen LogP contribution in [-0.2, 0) is 6.54 Å². The van der Waals surface area contributed by atoms with E-state index in [9.17, 15) is 4.79 Å². The molecule has 0 unspecified atom stereocenters.